The van der Waals surface area contributed by atoms with E-state index < -0.39 is 40.6 Å². The van der Waals surface area contributed by atoms with Crippen LogP contribution in [-0.4, -0.2) is 26.5 Å². The monoisotopic (exact) mass is 537 g/mol. The highest BCUT2D eigenvalue weighted by Crippen LogP contribution is 2.32. The van der Waals surface area contributed by atoms with Crippen LogP contribution in [0.5, 0.6) is 0 Å². The first-order chi connectivity index (χ1) is 16.9. The van der Waals surface area contributed by atoms with Crippen molar-refractivity contribution < 1.29 is 31.5 Å². The quantitative estimate of drug-likeness (QED) is 0.394. The SMILES string of the molecule is Cc1sc(C)c(C(=O)N[C@@H](C)c2ccc(C(=O)NCS(=O)[O-])cc2)c1Cc1ccc(C(F)(F)F)cc1. The molecule has 0 saturated carbocycles. The fraction of sp³-hybridized carbons (Fsp3) is 0.280. The summed E-state index contributed by atoms with van der Waals surface area (Å²) in [4.78, 5) is 26.9. The zero-order valence-electron chi connectivity index (χ0n) is 19.7. The summed E-state index contributed by atoms with van der Waals surface area (Å²) in [5, 5.41) is 5.22. The molecule has 0 bridgehead atoms. The van der Waals surface area contributed by atoms with Gasteiger partial charge in [-0.2, -0.15) is 13.2 Å². The van der Waals surface area contributed by atoms with Crippen molar-refractivity contribution in [3.05, 3.63) is 91.7 Å². The molecule has 0 aliphatic heterocycles. The fourth-order valence-electron chi connectivity index (χ4n) is 3.76. The lowest BCUT2D eigenvalue weighted by molar-refractivity contribution is -0.137. The summed E-state index contributed by atoms with van der Waals surface area (Å²) < 4.78 is 59.8. The van der Waals surface area contributed by atoms with Gasteiger partial charge in [-0.05, 0) is 79.2 Å². The number of thiophene rings is 1. The first kappa shape index (κ1) is 27.6. The van der Waals surface area contributed by atoms with E-state index in [9.17, 15) is 31.5 Å². The largest absolute Gasteiger partial charge is 0.771 e. The molecule has 0 saturated heterocycles. The zero-order valence-corrected chi connectivity index (χ0v) is 21.3. The lowest BCUT2D eigenvalue weighted by Crippen LogP contribution is -2.28. The predicted octanol–water partition coefficient (Wildman–Crippen LogP) is 5.03. The normalized spacial score (nSPS) is 13.2. The maximum atomic E-state index is 13.2. The summed E-state index contributed by atoms with van der Waals surface area (Å²) in [6.45, 7) is 5.50. The Kier molecular flexibility index (Phi) is 8.70. The van der Waals surface area contributed by atoms with Gasteiger partial charge in [0.25, 0.3) is 11.8 Å². The molecule has 6 nitrogen and oxygen atoms in total. The summed E-state index contributed by atoms with van der Waals surface area (Å²) in [6.07, 6.45) is -4.09. The molecule has 1 heterocycles. The fourth-order valence-corrected chi connectivity index (χ4v) is 5.08. The minimum absolute atomic E-state index is 0.283. The number of amides is 2. The Morgan fingerprint density at radius 1 is 1.00 bits per heavy atom. The second-order valence-corrected chi connectivity index (χ2v) is 10.5. The summed E-state index contributed by atoms with van der Waals surface area (Å²) in [6, 6.07) is 10.9. The summed E-state index contributed by atoms with van der Waals surface area (Å²) in [5.74, 6) is -1.31. The van der Waals surface area contributed by atoms with Crippen molar-refractivity contribution in [1.82, 2.24) is 10.6 Å². The Hall–Kier alpha value is -3.02. The number of aryl methyl sites for hydroxylation is 2. The van der Waals surface area contributed by atoms with Crippen LogP contribution in [0.2, 0.25) is 0 Å². The van der Waals surface area contributed by atoms with Crippen LogP contribution >= 0.6 is 11.3 Å². The second kappa shape index (κ2) is 11.4. The number of benzene rings is 2. The molecule has 2 amide bonds. The van der Waals surface area contributed by atoms with E-state index in [-0.39, 0.29) is 11.5 Å². The average molecular weight is 538 g/mol. The Labute approximate surface area is 213 Å². The van der Waals surface area contributed by atoms with Gasteiger partial charge in [-0.15, -0.1) is 11.3 Å². The van der Waals surface area contributed by atoms with E-state index in [1.807, 2.05) is 13.8 Å². The molecule has 3 rings (SSSR count). The van der Waals surface area contributed by atoms with Gasteiger partial charge in [-0.1, -0.05) is 24.3 Å². The Morgan fingerprint density at radius 3 is 2.17 bits per heavy atom. The average Bonchev–Trinajstić information content (AvgIpc) is 3.09. The van der Waals surface area contributed by atoms with Crippen molar-refractivity contribution in [2.75, 3.05) is 5.88 Å². The van der Waals surface area contributed by atoms with E-state index in [1.165, 1.54) is 35.6 Å². The van der Waals surface area contributed by atoms with Crippen LogP contribution in [0, 0.1) is 13.8 Å². The van der Waals surface area contributed by atoms with Crippen LogP contribution in [0.25, 0.3) is 0 Å². The Bertz CT molecular complexity index is 1270. The molecule has 2 aromatic carbocycles. The van der Waals surface area contributed by atoms with Crippen LogP contribution < -0.4 is 10.6 Å². The number of nitrogens with one attached hydrogen (secondary N) is 2. The number of hydrogen-bond donors (Lipinski definition) is 2. The Morgan fingerprint density at radius 2 is 1.61 bits per heavy atom. The molecule has 0 radical (unpaired) electrons. The molecule has 11 heteroatoms. The Balaban J connectivity index is 1.73. The molecule has 2 atom stereocenters. The van der Waals surface area contributed by atoms with Gasteiger partial charge < -0.3 is 15.2 Å². The minimum atomic E-state index is -4.41. The van der Waals surface area contributed by atoms with Gasteiger partial charge in [0.15, 0.2) is 0 Å². The standard InChI is InChI=1S/C25H25F3N2O4S2/c1-14(18-6-8-19(9-7-18)23(31)29-13-36(33)34)30-24(32)22-16(3)35-15(2)21(22)12-17-4-10-20(11-5-17)25(26,27)28/h4-11,14H,12-13H2,1-3H3,(H,29,31)(H,30,32)(H,33,34)/p-1/t14-/m0/s1. The molecule has 0 spiro atoms. The van der Waals surface area contributed by atoms with E-state index in [2.05, 4.69) is 10.6 Å². The van der Waals surface area contributed by atoms with Crippen molar-refractivity contribution in [3.8, 4) is 0 Å². The van der Waals surface area contributed by atoms with Gasteiger partial charge in [0.1, 0.15) is 0 Å². The van der Waals surface area contributed by atoms with Crippen molar-refractivity contribution in [2.45, 2.75) is 39.4 Å². The summed E-state index contributed by atoms with van der Waals surface area (Å²) in [7, 11) is 0. The number of alkyl halides is 3. The van der Waals surface area contributed by atoms with E-state index in [4.69, 9.17) is 0 Å². The maximum absolute atomic E-state index is 13.2. The van der Waals surface area contributed by atoms with Crippen molar-refractivity contribution >= 4 is 34.2 Å². The highest BCUT2D eigenvalue weighted by Gasteiger charge is 2.30. The van der Waals surface area contributed by atoms with Gasteiger partial charge in [-0.25, -0.2) is 0 Å². The first-order valence-corrected chi connectivity index (χ1v) is 12.9. The second-order valence-electron chi connectivity index (χ2n) is 8.21. The van der Waals surface area contributed by atoms with Crippen LogP contribution in [0.4, 0.5) is 13.2 Å². The van der Waals surface area contributed by atoms with Gasteiger partial charge in [0.2, 0.25) is 0 Å². The lowest BCUT2D eigenvalue weighted by atomic mass is 9.98. The number of carbonyl (C=O) groups excluding carboxylic acids is 2. The van der Waals surface area contributed by atoms with Crippen LogP contribution in [0.3, 0.4) is 0 Å². The summed E-state index contributed by atoms with van der Waals surface area (Å²) >= 11 is -0.934. The molecule has 192 valence electrons. The molecular formula is C25H24F3N2O4S2-. The third kappa shape index (κ3) is 6.80. The zero-order chi connectivity index (χ0) is 26.6. The van der Waals surface area contributed by atoms with Crippen molar-refractivity contribution in [3.63, 3.8) is 0 Å². The van der Waals surface area contributed by atoms with E-state index in [1.54, 1.807) is 19.1 Å². The van der Waals surface area contributed by atoms with E-state index in [0.717, 1.165) is 33.0 Å². The molecule has 36 heavy (non-hydrogen) atoms. The molecular weight excluding hydrogens is 513 g/mol. The van der Waals surface area contributed by atoms with E-state index in [0.29, 0.717) is 17.5 Å². The lowest BCUT2D eigenvalue weighted by Gasteiger charge is -2.16. The van der Waals surface area contributed by atoms with Crippen LogP contribution in [0.1, 0.15) is 65.7 Å². The third-order valence-electron chi connectivity index (χ3n) is 5.65. The molecule has 1 unspecified atom stereocenters. The molecule has 0 aliphatic rings. The maximum Gasteiger partial charge on any atom is 0.416 e. The van der Waals surface area contributed by atoms with Gasteiger partial charge in [0.05, 0.1) is 23.0 Å². The highest BCUT2D eigenvalue weighted by molar-refractivity contribution is 7.79. The molecule has 3 aromatic rings. The number of carbonyl (C=O) groups is 2. The van der Waals surface area contributed by atoms with Crippen LogP contribution in [-0.2, 0) is 23.7 Å². The molecule has 1 aromatic heterocycles. The summed E-state index contributed by atoms with van der Waals surface area (Å²) in [5.41, 5.74) is 2.24. The van der Waals surface area contributed by atoms with Gasteiger partial charge in [-0.3, -0.25) is 13.8 Å². The smallest absolute Gasteiger partial charge is 0.416 e. The topological polar surface area (TPSA) is 98.3 Å². The molecule has 2 N–H and O–H groups in total. The minimum Gasteiger partial charge on any atom is -0.771 e. The first-order valence-electron chi connectivity index (χ1n) is 10.9. The van der Waals surface area contributed by atoms with Crippen molar-refractivity contribution in [1.29, 1.82) is 0 Å². The number of hydrogen-bond acceptors (Lipinski definition) is 5. The number of rotatable bonds is 8. The molecule has 0 fully saturated rings. The number of halogens is 3. The van der Waals surface area contributed by atoms with Gasteiger partial charge in [0, 0.05) is 15.3 Å². The molecule has 0 aliphatic carbocycles. The van der Waals surface area contributed by atoms with Gasteiger partial charge >= 0.3 is 6.18 Å². The predicted molar refractivity (Wildman–Crippen MR) is 132 cm³/mol. The highest BCUT2D eigenvalue weighted by atomic mass is 32.2. The third-order valence-corrected chi connectivity index (χ3v) is 7.09. The van der Waals surface area contributed by atoms with Crippen LogP contribution in [0.15, 0.2) is 48.5 Å². The van der Waals surface area contributed by atoms with Crippen molar-refractivity contribution in [2.24, 2.45) is 0 Å². The van der Waals surface area contributed by atoms with E-state index >= 15 is 0 Å².